The van der Waals surface area contributed by atoms with Gasteiger partial charge in [0.25, 0.3) is 11.8 Å². The van der Waals surface area contributed by atoms with Crippen molar-refractivity contribution in [2.75, 3.05) is 24.8 Å². The minimum absolute atomic E-state index is 0.0197. The zero-order valence-corrected chi connectivity index (χ0v) is 21.2. The van der Waals surface area contributed by atoms with Crippen molar-refractivity contribution in [3.63, 3.8) is 0 Å². The molecule has 1 aliphatic carbocycles. The van der Waals surface area contributed by atoms with Crippen LogP contribution in [0.2, 0.25) is 0 Å². The van der Waals surface area contributed by atoms with E-state index < -0.39 is 28.6 Å². The van der Waals surface area contributed by atoms with Crippen LogP contribution in [-0.2, 0) is 15.5 Å². The van der Waals surface area contributed by atoms with Gasteiger partial charge in [-0.05, 0) is 56.0 Å². The Bertz CT molecular complexity index is 1240. The van der Waals surface area contributed by atoms with Gasteiger partial charge in [0.2, 0.25) is 5.91 Å². The van der Waals surface area contributed by atoms with E-state index in [2.05, 4.69) is 5.32 Å². The summed E-state index contributed by atoms with van der Waals surface area (Å²) in [6, 6.07) is 8.95. The number of imide groups is 1. The zero-order valence-electron chi connectivity index (χ0n) is 20.3. The number of rotatable bonds is 10. The van der Waals surface area contributed by atoms with E-state index in [1.807, 2.05) is 6.92 Å². The van der Waals surface area contributed by atoms with Crippen molar-refractivity contribution in [1.82, 2.24) is 4.90 Å². The molecule has 0 aromatic heterocycles. The SMILES string of the molecule is CCOc1cc(C(CC[SH](=O)=O)N2C(=O)c3cccc(NC(=O)C4CCCC4)c3C2=O)ccc1OC. The van der Waals surface area contributed by atoms with Gasteiger partial charge in [-0.25, -0.2) is 8.42 Å². The topological polar surface area (TPSA) is 119 Å². The molecule has 0 radical (unpaired) electrons. The number of anilines is 1. The maximum absolute atomic E-state index is 13.7. The van der Waals surface area contributed by atoms with Gasteiger partial charge in [-0.1, -0.05) is 25.0 Å². The first-order valence-corrected chi connectivity index (χ1v) is 13.5. The molecular formula is C26H30N2O7S. The van der Waals surface area contributed by atoms with Crippen molar-refractivity contribution in [1.29, 1.82) is 0 Å². The van der Waals surface area contributed by atoms with Gasteiger partial charge in [0.05, 0.1) is 36.6 Å². The number of nitrogens with one attached hydrogen (secondary N) is 1. The fraction of sp³-hybridized carbons (Fsp3) is 0.423. The summed E-state index contributed by atoms with van der Waals surface area (Å²) in [5, 5.41) is 2.85. The number of fused-ring (bicyclic) bond motifs is 1. The lowest BCUT2D eigenvalue weighted by atomic mass is 10.0. The molecule has 10 heteroatoms. The van der Waals surface area contributed by atoms with Gasteiger partial charge in [-0.2, -0.15) is 0 Å². The molecule has 2 aromatic rings. The van der Waals surface area contributed by atoms with Gasteiger partial charge < -0.3 is 14.8 Å². The first-order chi connectivity index (χ1) is 17.3. The molecule has 2 aliphatic rings. The molecule has 0 spiro atoms. The van der Waals surface area contributed by atoms with Gasteiger partial charge in [-0.3, -0.25) is 19.3 Å². The fourth-order valence-corrected chi connectivity index (χ4v) is 5.41. The molecule has 1 atom stereocenters. The number of methoxy groups -OCH3 is 1. The number of carbonyl (C=O) groups excluding carboxylic acids is 3. The Morgan fingerprint density at radius 1 is 1.11 bits per heavy atom. The summed E-state index contributed by atoms with van der Waals surface area (Å²) in [6.07, 6.45) is 3.60. The molecule has 2 aromatic carbocycles. The number of hydrogen-bond donors (Lipinski definition) is 2. The van der Waals surface area contributed by atoms with Crippen LogP contribution in [0.3, 0.4) is 0 Å². The number of ether oxygens (including phenoxy) is 2. The Morgan fingerprint density at radius 3 is 2.53 bits per heavy atom. The predicted octanol–water partition coefficient (Wildman–Crippen LogP) is 3.56. The van der Waals surface area contributed by atoms with Crippen LogP contribution in [0.5, 0.6) is 11.5 Å². The standard InChI is InChI=1S/C26H30N2O7S/c1-3-35-22-15-17(11-12-21(22)34-2)20(13-14-36(32)33)28-25(30)18-9-6-10-19(23(18)26(28)31)27-24(29)16-7-4-5-8-16/h6,9-12,15-16,20,36H,3-5,7-8,13-14H2,1-2H3,(H,27,29). The summed E-state index contributed by atoms with van der Waals surface area (Å²) in [4.78, 5) is 41.0. The van der Waals surface area contributed by atoms with E-state index in [4.69, 9.17) is 9.47 Å². The Kier molecular flexibility index (Phi) is 7.93. The smallest absolute Gasteiger partial charge is 0.264 e. The summed E-state index contributed by atoms with van der Waals surface area (Å²) in [5.41, 5.74) is 1.15. The zero-order chi connectivity index (χ0) is 25.8. The minimum atomic E-state index is -2.73. The fourth-order valence-electron chi connectivity index (χ4n) is 4.95. The molecule has 0 bridgehead atoms. The molecule has 1 fully saturated rings. The molecule has 36 heavy (non-hydrogen) atoms. The van der Waals surface area contributed by atoms with E-state index in [0.717, 1.165) is 30.6 Å². The van der Waals surface area contributed by atoms with E-state index in [1.54, 1.807) is 36.4 Å². The van der Waals surface area contributed by atoms with Crippen molar-refractivity contribution < 1.29 is 32.3 Å². The van der Waals surface area contributed by atoms with Crippen LogP contribution in [0.15, 0.2) is 36.4 Å². The second kappa shape index (κ2) is 11.1. The third kappa shape index (κ3) is 5.09. The summed E-state index contributed by atoms with van der Waals surface area (Å²) in [5.74, 6) is -0.681. The maximum atomic E-state index is 13.7. The quantitative estimate of drug-likeness (QED) is 0.368. The Hall–Kier alpha value is -3.40. The normalized spacial score (nSPS) is 16.4. The summed E-state index contributed by atoms with van der Waals surface area (Å²) in [6.45, 7) is 2.19. The first-order valence-electron chi connectivity index (χ1n) is 12.1. The number of benzene rings is 2. The average molecular weight is 515 g/mol. The second-order valence-electron chi connectivity index (χ2n) is 8.88. The highest BCUT2D eigenvalue weighted by atomic mass is 32.2. The molecule has 1 unspecified atom stereocenters. The van der Waals surface area contributed by atoms with Crippen LogP contribution in [0, 0.1) is 5.92 Å². The summed E-state index contributed by atoms with van der Waals surface area (Å²) in [7, 11) is -1.23. The van der Waals surface area contributed by atoms with Gasteiger partial charge in [0.1, 0.15) is 10.7 Å². The van der Waals surface area contributed by atoms with Gasteiger partial charge >= 0.3 is 0 Å². The van der Waals surface area contributed by atoms with Crippen molar-refractivity contribution in [3.8, 4) is 11.5 Å². The Morgan fingerprint density at radius 2 is 1.86 bits per heavy atom. The maximum Gasteiger partial charge on any atom is 0.264 e. The van der Waals surface area contributed by atoms with Crippen LogP contribution >= 0.6 is 0 Å². The summed E-state index contributed by atoms with van der Waals surface area (Å²) >= 11 is 0. The predicted molar refractivity (Wildman–Crippen MR) is 134 cm³/mol. The van der Waals surface area contributed by atoms with Crippen LogP contribution in [0.25, 0.3) is 0 Å². The molecule has 1 N–H and O–H groups in total. The van der Waals surface area contributed by atoms with Crippen molar-refractivity contribution >= 4 is 34.1 Å². The molecule has 4 rings (SSSR count). The average Bonchev–Trinajstić information content (AvgIpc) is 3.48. The monoisotopic (exact) mass is 514 g/mol. The summed E-state index contributed by atoms with van der Waals surface area (Å²) < 4.78 is 33.9. The third-order valence-corrected chi connectivity index (χ3v) is 7.32. The van der Waals surface area contributed by atoms with Crippen molar-refractivity contribution in [3.05, 3.63) is 53.1 Å². The number of thiol groups is 1. The number of carbonyl (C=O) groups is 3. The van der Waals surface area contributed by atoms with E-state index >= 15 is 0 Å². The van der Waals surface area contributed by atoms with Crippen molar-refractivity contribution in [2.45, 2.75) is 45.1 Å². The molecule has 3 amide bonds. The largest absolute Gasteiger partial charge is 0.493 e. The van der Waals surface area contributed by atoms with Crippen LogP contribution in [-0.4, -0.2) is 50.5 Å². The van der Waals surface area contributed by atoms with Crippen LogP contribution < -0.4 is 14.8 Å². The van der Waals surface area contributed by atoms with Gasteiger partial charge in [0, 0.05) is 11.7 Å². The molecular weight excluding hydrogens is 484 g/mol. The van der Waals surface area contributed by atoms with E-state index in [9.17, 15) is 22.8 Å². The van der Waals surface area contributed by atoms with E-state index in [1.165, 1.54) is 7.11 Å². The molecule has 1 heterocycles. The first kappa shape index (κ1) is 25.7. The third-order valence-electron chi connectivity index (χ3n) is 6.70. The Labute approximate surface area is 211 Å². The number of hydrogen-bond acceptors (Lipinski definition) is 7. The molecule has 192 valence electrons. The van der Waals surface area contributed by atoms with Crippen molar-refractivity contribution in [2.24, 2.45) is 5.92 Å². The number of nitrogens with zero attached hydrogens (tertiary/aromatic N) is 1. The number of amides is 3. The lowest BCUT2D eigenvalue weighted by Crippen LogP contribution is -2.35. The molecule has 9 nitrogen and oxygen atoms in total. The van der Waals surface area contributed by atoms with E-state index in [0.29, 0.717) is 29.4 Å². The van der Waals surface area contributed by atoms with Gasteiger partial charge in [-0.15, -0.1) is 0 Å². The lowest BCUT2D eigenvalue weighted by Gasteiger charge is -2.27. The highest BCUT2D eigenvalue weighted by molar-refractivity contribution is 7.72. The highest BCUT2D eigenvalue weighted by Crippen LogP contribution is 2.39. The Balaban J connectivity index is 1.71. The van der Waals surface area contributed by atoms with Gasteiger partial charge in [0.15, 0.2) is 11.5 Å². The molecule has 1 saturated carbocycles. The lowest BCUT2D eigenvalue weighted by molar-refractivity contribution is -0.119. The molecule has 1 aliphatic heterocycles. The minimum Gasteiger partial charge on any atom is -0.493 e. The highest BCUT2D eigenvalue weighted by Gasteiger charge is 2.42. The second-order valence-corrected chi connectivity index (χ2v) is 10.00. The van der Waals surface area contributed by atoms with E-state index in [-0.39, 0.29) is 35.1 Å². The van der Waals surface area contributed by atoms with Crippen LogP contribution in [0.1, 0.15) is 71.3 Å². The van der Waals surface area contributed by atoms with Crippen LogP contribution in [0.4, 0.5) is 5.69 Å². The molecule has 0 saturated heterocycles.